The summed E-state index contributed by atoms with van der Waals surface area (Å²) in [5, 5.41) is 7.67. The Balaban J connectivity index is 1.97. The third-order valence-electron chi connectivity index (χ3n) is 3.20. The second-order valence-corrected chi connectivity index (χ2v) is 4.46. The fourth-order valence-corrected chi connectivity index (χ4v) is 1.83. The zero-order valence-electron chi connectivity index (χ0n) is 10.6. The molecule has 0 aliphatic rings. The third-order valence-corrected chi connectivity index (χ3v) is 3.20. The molecule has 0 radical (unpaired) electrons. The first-order chi connectivity index (χ1) is 8.18. The maximum atomic E-state index is 4.22. The molecular weight excluding hydrogens is 210 g/mol. The number of nitrogens with one attached hydrogen (secondary N) is 1. The molecule has 90 valence electrons. The Morgan fingerprint density at radius 1 is 1.29 bits per heavy atom. The van der Waals surface area contributed by atoms with Gasteiger partial charge >= 0.3 is 0 Å². The molecule has 2 aromatic rings. The fourth-order valence-electron chi connectivity index (χ4n) is 1.83. The Hall–Kier alpha value is -1.77. The minimum atomic E-state index is 0.496. The fraction of sp³-hybridized carbons (Fsp3) is 0.357. The van der Waals surface area contributed by atoms with Crippen molar-refractivity contribution in [1.29, 1.82) is 0 Å². The van der Waals surface area contributed by atoms with Crippen LogP contribution in [0.3, 0.4) is 0 Å². The van der Waals surface area contributed by atoms with Crippen molar-refractivity contribution in [1.82, 2.24) is 9.78 Å². The minimum absolute atomic E-state index is 0.496. The number of benzene rings is 1. The summed E-state index contributed by atoms with van der Waals surface area (Å²) in [6, 6.07) is 10.6. The van der Waals surface area contributed by atoms with Crippen molar-refractivity contribution in [2.75, 3.05) is 11.9 Å². The van der Waals surface area contributed by atoms with Crippen LogP contribution in [0.1, 0.15) is 24.1 Å². The lowest BCUT2D eigenvalue weighted by Crippen LogP contribution is -2.10. The molecule has 1 atom stereocenters. The first kappa shape index (κ1) is 11.7. The predicted molar refractivity (Wildman–Crippen MR) is 71.3 cm³/mol. The van der Waals surface area contributed by atoms with Gasteiger partial charge in [-0.2, -0.15) is 5.10 Å². The molecule has 1 aromatic carbocycles. The van der Waals surface area contributed by atoms with E-state index < -0.39 is 0 Å². The molecule has 3 heteroatoms. The van der Waals surface area contributed by atoms with Gasteiger partial charge in [0, 0.05) is 13.6 Å². The lowest BCUT2D eigenvalue weighted by Gasteiger charge is -2.13. The van der Waals surface area contributed by atoms with Crippen LogP contribution in [-0.2, 0) is 7.05 Å². The van der Waals surface area contributed by atoms with Crippen LogP contribution in [0.4, 0.5) is 5.69 Å². The van der Waals surface area contributed by atoms with E-state index in [1.165, 1.54) is 11.3 Å². The largest absolute Gasteiger partial charge is 0.382 e. The molecule has 0 unspecified atom stereocenters. The van der Waals surface area contributed by atoms with Crippen LogP contribution in [0.2, 0.25) is 0 Å². The summed E-state index contributed by atoms with van der Waals surface area (Å²) in [6.07, 6.45) is 1.88. The van der Waals surface area contributed by atoms with Crippen molar-refractivity contribution in [3.8, 4) is 0 Å². The molecule has 3 nitrogen and oxygen atoms in total. The van der Waals surface area contributed by atoms with Crippen LogP contribution in [-0.4, -0.2) is 16.3 Å². The Morgan fingerprint density at radius 3 is 2.59 bits per heavy atom. The molecule has 1 N–H and O–H groups in total. The number of aromatic nitrogens is 2. The average molecular weight is 229 g/mol. The minimum Gasteiger partial charge on any atom is -0.382 e. The van der Waals surface area contributed by atoms with E-state index >= 15 is 0 Å². The van der Waals surface area contributed by atoms with Crippen molar-refractivity contribution in [2.45, 2.75) is 19.8 Å². The molecule has 0 aliphatic carbocycles. The van der Waals surface area contributed by atoms with Gasteiger partial charge in [0.2, 0.25) is 0 Å². The summed E-state index contributed by atoms with van der Waals surface area (Å²) in [5.41, 5.74) is 3.65. The van der Waals surface area contributed by atoms with Gasteiger partial charge in [0.15, 0.2) is 0 Å². The van der Waals surface area contributed by atoms with Crippen LogP contribution in [0.25, 0.3) is 0 Å². The molecule has 1 heterocycles. The lowest BCUT2D eigenvalue weighted by atomic mass is 10.0. The topological polar surface area (TPSA) is 29.9 Å². The van der Waals surface area contributed by atoms with Crippen molar-refractivity contribution < 1.29 is 0 Å². The van der Waals surface area contributed by atoms with Crippen LogP contribution in [0, 0.1) is 6.92 Å². The van der Waals surface area contributed by atoms with Crippen molar-refractivity contribution >= 4 is 5.69 Å². The Kier molecular flexibility index (Phi) is 3.47. The van der Waals surface area contributed by atoms with Crippen LogP contribution >= 0.6 is 0 Å². The molecule has 0 amide bonds. The highest BCUT2D eigenvalue weighted by Crippen LogP contribution is 2.17. The summed E-state index contributed by atoms with van der Waals surface area (Å²) >= 11 is 0. The number of nitrogens with zero attached hydrogens (tertiary/aromatic N) is 2. The highest BCUT2D eigenvalue weighted by atomic mass is 15.3. The monoisotopic (exact) mass is 229 g/mol. The van der Waals surface area contributed by atoms with Crippen molar-refractivity contribution in [3.05, 3.63) is 47.8 Å². The van der Waals surface area contributed by atoms with E-state index in [4.69, 9.17) is 0 Å². The zero-order valence-corrected chi connectivity index (χ0v) is 10.6. The molecule has 0 saturated carbocycles. The SMILES string of the molecule is Cc1c(NC[C@@H](C)c2ccccc2)cnn1C. The standard InChI is InChI=1S/C14H19N3/c1-11(13-7-5-4-6-8-13)9-15-14-10-16-17(3)12(14)2/h4-8,10-11,15H,9H2,1-3H3/t11-/m1/s1. The second kappa shape index (κ2) is 5.04. The molecular formula is C14H19N3. The van der Waals surface area contributed by atoms with E-state index in [9.17, 15) is 0 Å². The molecule has 17 heavy (non-hydrogen) atoms. The van der Waals surface area contributed by atoms with Crippen LogP contribution < -0.4 is 5.32 Å². The molecule has 0 fully saturated rings. The van der Waals surface area contributed by atoms with E-state index in [0.29, 0.717) is 5.92 Å². The normalized spacial score (nSPS) is 12.4. The number of hydrogen-bond donors (Lipinski definition) is 1. The second-order valence-electron chi connectivity index (χ2n) is 4.46. The van der Waals surface area contributed by atoms with E-state index in [1.807, 2.05) is 17.9 Å². The molecule has 0 saturated heterocycles. The summed E-state index contributed by atoms with van der Waals surface area (Å²) in [7, 11) is 1.96. The maximum absolute atomic E-state index is 4.22. The average Bonchev–Trinajstić information content (AvgIpc) is 2.68. The number of aryl methyl sites for hydroxylation is 1. The van der Waals surface area contributed by atoms with Gasteiger partial charge < -0.3 is 5.32 Å². The number of rotatable bonds is 4. The van der Waals surface area contributed by atoms with Crippen molar-refractivity contribution in [2.24, 2.45) is 7.05 Å². The van der Waals surface area contributed by atoms with Crippen LogP contribution in [0.15, 0.2) is 36.5 Å². The molecule has 2 rings (SSSR count). The first-order valence-corrected chi connectivity index (χ1v) is 5.96. The van der Waals surface area contributed by atoms with Gasteiger partial charge in [-0.3, -0.25) is 4.68 Å². The molecule has 0 aliphatic heterocycles. The van der Waals surface area contributed by atoms with E-state index in [1.54, 1.807) is 0 Å². The lowest BCUT2D eigenvalue weighted by molar-refractivity contribution is 0.739. The Morgan fingerprint density at radius 2 is 2.00 bits per heavy atom. The van der Waals surface area contributed by atoms with Gasteiger partial charge in [0.05, 0.1) is 17.6 Å². The first-order valence-electron chi connectivity index (χ1n) is 5.96. The van der Waals surface area contributed by atoms with Gasteiger partial charge in [-0.15, -0.1) is 0 Å². The van der Waals surface area contributed by atoms with Gasteiger partial charge in [-0.1, -0.05) is 37.3 Å². The van der Waals surface area contributed by atoms with Gasteiger partial charge in [-0.25, -0.2) is 0 Å². The predicted octanol–water partition coefficient (Wildman–Crippen LogP) is 2.94. The smallest absolute Gasteiger partial charge is 0.0756 e. The van der Waals surface area contributed by atoms with Gasteiger partial charge in [-0.05, 0) is 18.4 Å². The molecule has 0 bridgehead atoms. The van der Waals surface area contributed by atoms with E-state index in [2.05, 4.69) is 54.6 Å². The summed E-state index contributed by atoms with van der Waals surface area (Å²) in [4.78, 5) is 0. The van der Waals surface area contributed by atoms with E-state index in [-0.39, 0.29) is 0 Å². The van der Waals surface area contributed by atoms with Gasteiger partial charge in [0.1, 0.15) is 0 Å². The number of hydrogen-bond acceptors (Lipinski definition) is 2. The molecule has 0 spiro atoms. The van der Waals surface area contributed by atoms with Crippen LogP contribution in [0.5, 0.6) is 0 Å². The van der Waals surface area contributed by atoms with E-state index in [0.717, 1.165) is 12.2 Å². The summed E-state index contributed by atoms with van der Waals surface area (Å²) < 4.78 is 1.88. The highest BCUT2D eigenvalue weighted by Gasteiger charge is 2.07. The Bertz CT molecular complexity index is 473. The van der Waals surface area contributed by atoms with Crippen molar-refractivity contribution in [3.63, 3.8) is 0 Å². The highest BCUT2D eigenvalue weighted by molar-refractivity contribution is 5.46. The number of anilines is 1. The Labute approximate surface area is 102 Å². The summed E-state index contributed by atoms with van der Waals surface area (Å²) in [6.45, 7) is 5.23. The summed E-state index contributed by atoms with van der Waals surface area (Å²) in [5.74, 6) is 0.496. The maximum Gasteiger partial charge on any atom is 0.0756 e. The third kappa shape index (κ3) is 2.67. The van der Waals surface area contributed by atoms with Gasteiger partial charge in [0.25, 0.3) is 0 Å². The zero-order chi connectivity index (χ0) is 12.3. The quantitative estimate of drug-likeness (QED) is 0.873. The molecule has 1 aromatic heterocycles.